The number of nitrogens with zero attached hydrogens (tertiary/aromatic N) is 1. The highest BCUT2D eigenvalue weighted by atomic mass is 19.1. The van der Waals surface area contributed by atoms with Gasteiger partial charge >= 0.3 is 5.69 Å². The molecule has 5 nitrogen and oxygen atoms in total. The van der Waals surface area contributed by atoms with Gasteiger partial charge in [-0.25, -0.2) is 9.18 Å². The summed E-state index contributed by atoms with van der Waals surface area (Å²) in [6, 6.07) is 7.34. The summed E-state index contributed by atoms with van der Waals surface area (Å²) in [5.41, 5.74) is 0.0862. The summed E-state index contributed by atoms with van der Waals surface area (Å²) in [6.45, 7) is 2.69. The van der Waals surface area contributed by atoms with Gasteiger partial charge in [-0.15, -0.1) is 0 Å². The van der Waals surface area contributed by atoms with E-state index in [1.807, 2.05) is 6.92 Å². The van der Waals surface area contributed by atoms with Crippen molar-refractivity contribution in [3.63, 3.8) is 0 Å². The molecule has 2 N–H and O–H groups in total. The average molecular weight is 277 g/mol. The predicted molar refractivity (Wildman–Crippen MR) is 75.3 cm³/mol. The quantitative estimate of drug-likeness (QED) is 0.874. The van der Waals surface area contributed by atoms with Gasteiger partial charge in [0, 0.05) is 19.2 Å². The Morgan fingerprint density at radius 1 is 1.25 bits per heavy atom. The van der Waals surface area contributed by atoms with Crippen LogP contribution in [0.15, 0.2) is 39.9 Å². The van der Waals surface area contributed by atoms with Gasteiger partial charge in [-0.1, -0.05) is 19.1 Å². The minimum Gasteiger partial charge on any atom is -0.367 e. The minimum atomic E-state index is -0.430. The third-order valence-electron chi connectivity index (χ3n) is 2.86. The van der Waals surface area contributed by atoms with E-state index in [2.05, 4.69) is 10.3 Å². The summed E-state index contributed by atoms with van der Waals surface area (Å²) >= 11 is 0. The molecule has 0 radical (unpaired) electrons. The van der Waals surface area contributed by atoms with Crippen LogP contribution >= 0.6 is 0 Å². The number of aromatic amines is 1. The van der Waals surface area contributed by atoms with Gasteiger partial charge in [-0.3, -0.25) is 14.3 Å². The SMILES string of the molecule is CCCn1c(=O)cc(NCc2ccc(F)cc2)[nH]c1=O. The summed E-state index contributed by atoms with van der Waals surface area (Å²) in [6.07, 6.45) is 0.714. The zero-order valence-electron chi connectivity index (χ0n) is 11.1. The van der Waals surface area contributed by atoms with Crippen LogP contribution in [0.1, 0.15) is 18.9 Å². The Hall–Kier alpha value is -2.37. The maximum Gasteiger partial charge on any atom is 0.329 e. The normalized spacial score (nSPS) is 10.5. The fraction of sp³-hybridized carbons (Fsp3) is 0.286. The first-order valence-corrected chi connectivity index (χ1v) is 6.42. The molecule has 0 spiro atoms. The molecule has 1 aromatic heterocycles. The number of hydrogen-bond donors (Lipinski definition) is 2. The van der Waals surface area contributed by atoms with Crippen LogP contribution in [0.5, 0.6) is 0 Å². The second kappa shape index (κ2) is 6.18. The number of rotatable bonds is 5. The largest absolute Gasteiger partial charge is 0.367 e. The standard InChI is InChI=1S/C14H16FN3O2/c1-2-7-18-13(19)8-12(17-14(18)20)16-9-10-3-5-11(15)6-4-10/h3-6,8,16H,2,7,9H2,1H3,(H,17,20). The topological polar surface area (TPSA) is 66.9 Å². The first kappa shape index (κ1) is 14.0. The molecule has 0 aliphatic rings. The first-order chi connectivity index (χ1) is 9.60. The predicted octanol–water partition coefficient (Wildman–Crippen LogP) is 1.70. The highest BCUT2D eigenvalue weighted by Gasteiger charge is 2.03. The lowest BCUT2D eigenvalue weighted by atomic mass is 10.2. The Labute approximate surface area is 115 Å². The average Bonchev–Trinajstić information content (AvgIpc) is 2.42. The number of aromatic nitrogens is 2. The first-order valence-electron chi connectivity index (χ1n) is 6.42. The number of anilines is 1. The molecular weight excluding hydrogens is 261 g/mol. The zero-order valence-corrected chi connectivity index (χ0v) is 11.1. The Kier molecular flexibility index (Phi) is 4.34. The smallest absolute Gasteiger partial charge is 0.329 e. The third kappa shape index (κ3) is 3.34. The lowest BCUT2D eigenvalue weighted by Gasteiger charge is -2.08. The molecule has 106 valence electrons. The van der Waals surface area contributed by atoms with Crippen LogP contribution in [-0.4, -0.2) is 9.55 Å². The van der Waals surface area contributed by atoms with Crippen molar-refractivity contribution in [3.8, 4) is 0 Å². The molecule has 0 bridgehead atoms. The van der Waals surface area contributed by atoms with Gasteiger partial charge in [-0.05, 0) is 24.1 Å². The van der Waals surface area contributed by atoms with Gasteiger partial charge in [0.05, 0.1) is 0 Å². The summed E-state index contributed by atoms with van der Waals surface area (Å²) in [5, 5.41) is 2.94. The van der Waals surface area contributed by atoms with Crippen molar-refractivity contribution in [3.05, 3.63) is 62.6 Å². The monoisotopic (exact) mass is 277 g/mol. The molecule has 2 aromatic rings. The molecule has 0 aliphatic heterocycles. The van der Waals surface area contributed by atoms with Crippen molar-refractivity contribution in [2.45, 2.75) is 26.4 Å². The van der Waals surface area contributed by atoms with Crippen molar-refractivity contribution in [2.75, 3.05) is 5.32 Å². The summed E-state index contributed by atoms with van der Waals surface area (Å²) in [5.74, 6) is 0.0565. The van der Waals surface area contributed by atoms with Crippen LogP contribution in [-0.2, 0) is 13.1 Å². The molecule has 20 heavy (non-hydrogen) atoms. The fourth-order valence-electron chi connectivity index (χ4n) is 1.85. The molecule has 0 amide bonds. The molecule has 2 rings (SSSR count). The van der Waals surface area contributed by atoms with Crippen LogP contribution in [0.4, 0.5) is 10.2 Å². The third-order valence-corrected chi connectivity index (χ3v) is 2.86. The van der Waals surface area contributed by atoms with E-state index in [0.29, 0.717) is 25.3 Å². The molecule has 0 unspecified atom stereocenters. The molecule has 1 heterocycles. The van der Waals surface area contributed by atoms with Crippen LogP contribution in [0, 0.1) is 5.82 Å². The van der Waals surface area contributed by atoms with Crippen molar-refractivity contribution < 1.29 is 4.39 Å². The molecule has 0 saturated carbocycles. The van der Waals surface area contributed by atoms with E-state index in [0.717, 1.165) is 10.1 Å². The highest BCUT2D eigenvalue weighted by Crippen LogP contribution is 2.05. The van der Waals surface area contributed by atoms with E-state index in [9.17, 15) is 14.0 Å². The summed E-state index contributed by atoms with van der Waals surface area (Å²) < 4.78 is 13.9. The highest BCUT2D eigenvalue weighted by molar-refractivity contribution is 5.33. The second-order valence-electron chi connectivity index (χ2n) is 4.46. The van der Waals surface area contributed by atoms with Crippen LogP contribution < -0.4 is 16.6 Å². The van der Waals surface area contributed by atoms with Crippen LogP contribution in [0.2, 0.25) is 0 Å². The number of hydrogen-bond acceptors (Lipinski definition) is 3. The molecule has 1 aromatic carbocycles. The van der Waals surface area contributed by atoms with E-state index >= 15 is 0 Å². The lowest BCUT2D eigenvalue weighted by Crippen LogP contribution is -2.35. The van der Waals surface area contributed by atoms with E-state index < -0.39 is 5.69 Å². The van der Waals surface area contributed by atoms with Gasteiger partial charge < -0.3 is 5.32 Å². The van der Waals surface area contributed by atoms with Gasteiger partial charge in [0.15, 0.2) is 0 Å². The van der Waals surface area contributed by atoms with Gasteiger partial charge in [0.25, 0.3) is 5.56 Å². The molecule has 6 heteroatoms. The summed E-state index contributed by atoms with van der Waals surface area (Å²) in [7, 11) is 0. The zero-order chi connectivity index (χ0) is 14.5. The van der Waals surface area contributed by atoms with E-state index in [-0.39, 0.29) is 11.4 Å². The maximum atomic E-state index is 12.8. The molecule has 0 saturated heterocycles. The van der Waals surface area contributed by atoms with Gasteiger partial charge in [0.1, 0.15) is 11.6 Å². The van der Waals surface area contributed by atoms with Crippen LogP contribution in [0.25, 0.3) is 0 Å². The Bertz CT molecular complexity index is 658. The molecule has 0 atom stereocenters. The van der Waals surface area contributed by atoms with Crippen molar-refractivity contribution in [1.29, 1.82) is 0 Å². The minimum absolute atomic E-state index is 0.302. The number of benzene rings is 1. The van der Waals surface area contributed by atoms with E-state index in [4.69, 9.17) is 0 Å². The lowest BCUT2D eigenvalue weighted by molar-refractivity contribution is 0.616. The second-order valence-corrected chi connectivity index (χ2v) is 4.46. The Morgan fingerprint density at radius 3 is 2.55 bits per heavy atom. The van der Waals surface area contributed by atoms with Crippen molar-refractivity contribution in [1.82, 2.24) is 9.55 Å². The molecule has 0 aliphatic carbocycles. The fourth-order valence-corrected chi connectivity index (χ4v) is 1.85. The molecule has 0 fully saturated rings. The number of H-pyrrole nitrogens is 1. The Balaban J connectivity index is 2.12. The summed E-state index contributed by atoms with van der Waals surface area (Å²) in [4.78, 5) is 26.1. The maximum absolute atomic E-state index is 12.8. The van der Waals surface area contributed by atoms with Crippen molar-refractivity contribution >= 4 is 5.82 Å². The Morgan fingerprint density at radius 2 is 1.95 bits per heavy atom. The van der Waals surface area contributed by atoms with Gasteiger partial charge in [-0.2, -0.15) is 0 Å². The number of nitrogens with one attached hydrogen (secondary N) is 2. The van der Waals surface area contributed by atoms with Crippen LogP contribution in [0.3, 0.4) is 0 Å². The van der Waals surface area contributed by atoms with E-state index in [1.54, 1.807) is 12.1 Å². The molecular formula is C14H16FN3O2. The number of halogens is 1. The van der Waals surface area contributed by atoms with E-state index in [1.165, 1.54) is 18.2 Å². The van der Waals surface area contributed by atoms with Crippen molar-refractivity contribution in [2.24, 2.45) is 0 Å². The van der Waals surface area contributed by atoms with Gasteiger partial charge in [0.2, 0.25) is 0 Å².